The first-order valence-electron chi connectivity index (χ1n) is 4.55. The van der Waals surface area contributed by atoms with Gasteiger partial charge in [-0.2, -0.15) is 0 Å². The molecule has 2 heterocycles. The Balaban J connectivity index is 2.03. The predicted molar refractivity (Wildman–Crippen MR) is 49.6 cm³/mol. The highest BCUT2D eigenvalue weighted by Crippen LogP contribution is 2.34. The van der Waals surface area contributed by atoms with Crippen LogP contribution in [0.2, 0.25) is 0 Å². The van der Waals surface area contributed by atoms with E-state index in [1.807, 2.05) is 30.3 Å². The second-order valence-corrected chi connectivity index (χ2v) is 3.33. The molecule has 3 nitrogen and oxygen atoms in total. The lowest BCUT2D eigenvalue weighted by molar-refractivity contribution is 0.0863. The summed E-state index contributed by atoms with van der Waals surface area (Å²) in [6.07, 6.45) is 1.60. The molecule has 1 aliphatic rings. The van der Waals surface area contributed by atoms with Crippen LogP contribution in [-0.4, -0.2) is 5.16 Å². The van der Waals surface area contributed by atoms with Crippen LogP contribution >= 0.6 is 0 Å². The zero-order chi connectivity index (χ0) is 9.38. The van der Waals surface area contributed by atoms with E-state index in [-0.39, 0.29) is 6.10 Å². The molecule has 0 aliphatic carbocycles. The summed E-state index contributed by atoms with van der Waals surface area (Å²) < 4.78 is 10.5. The lowest BCUT2D eigenvalue weighted by Crippen LogP contribution is -1.98. The molecular formula is C11H9NO2. The van der Waals surface area contributed by atoms with Gasteiger partial charge in [0.2, 0.25) is 0 Å². The van der Waals surface area contributed by atoms with Gasteiger partial charge in [0.25, 0.3) is 0 Å². The van der Waals surface area contributed by atoms with E-state index in [1.54, 1.807) is 6.26 Å². The van der Waals surface area contributed by atoms with Crippen molar-refractivity contribution in [3.05, 3.63) is 53.4 Å². The van der Waals surface area contributed by atoms with Crippen LogP contribution in [0.4, 0.5) is 0 Å². The Labute approximate surface area is 81.3 Å². The smallest absolute Gasteiger partial charge is 0.129 e. The summed E-state index contributed by atoms with van der Waals surface area (Å²) in [5, 5.41) is 3.95. The van der Waals surface area contributed by atoms with E-state index in [0.29, 0.717) is 6.61 Å². The summed E-state index contributed by atoms with van der Waals surface area (Å²) in [6.45, 7) is 0.596. The van der Waals surface area contributed by atoms with Crippen molar-refractivity contribution in [1.29, 1.82) is 0 Å². The Hall–Kier alpha value is -1.61. The third-order valence-electron chi connectivity index (χ3n) is 2.43. The fourth-order valence-electron chi connectivity index (χ4n) is 1.72. The van der Waals surface area contributed by atoms with Crippen molar-refractivity contribution in [2.75, 3.05) is 0 Å². The second kappa shape index (κ2) is 2.96. The van der Waals surface area contributed by atoms with E-state index in [4.69, 9.17) is 9.26 Å². The largest absolute Gasteiger partial charge is 0.364 e. The standard InChI is InChI=1S/C11H9NO2/c1-2-4-8(5-3-1)11-10-9(6-13-11)7-14-12-10/h1-5,7,11H,6H2/t11-/m0/s1. The summed E-state index contributed by atoms with van der Waals surface area (Å²) in [5.41, 5.74) is 3.09. The van der Waals surface area contributed by atoms with Gasteiger partial charge < -0.3 is 9.26 Å². The molecule has 0 N–H and O–H groups in total. The lowest BCUT2D eigenvalue weighted by Gasteiger charge is -2.08. The molecule has 3 heteroatoms. The van der Waals surface area contributed by atoms with Crippen molar-refractivity contribution in [3.8, 4) is 0 Å². The van der Waals surface area contributed by atoms with Crippen LogP contribution in [0.1, 0.15) is 22.9 Å². The number of rotatable bonds is 1. The van der Waals surface area contributed by atoms with Crippen molar-refractivity contribution in [1.82, 2.24) is 5.16 Å². The van der Waals surface area contributed by atoms with Gasteiger partial charge in [0.1, 0.15) is 18.1 Å². The van der Waals surface area contributed by atoms with E-state index in [2.05, 4.69) is 5.16 Å². The van der Waals surface area contributed by atoms with Crippen LogP contribution in [0.15, 0.2) is 41.1 Å². The van der Waals surface area contributed by atoms with Crippen LogP contribution in [-0.2, 0) is 11.3 Å². The lowest BCUT2D eigenvalue weighted by atomic mass is 10.1. The van der Waals surface area contributed by atoms with Crippen molar-refractivity contribution in [2.24, 2.45) is 0 Å². The first-order valence-corrected chi connectivity index (χ1v) is 4.55. The number of benzene rings is 1. The molecule has 0 fully saturated rings. The summed E-state index contributed by atoms with van der Waals surface area (Å²) >= 11 is 0. The quantitative estimate of drug-likeness (QED) is 0.687. The third-order valence-corrected chi connectivity index (χ3v) is 2.43. The number of ether oxygens (including phenoxy) is 1. The minimum absolute atomic E-state index is 0.0510. The average Bonchev–Trinajstić information content (AvgIpc) is 2.79. The second-order valence-electron chi connectivity index (χ2n) is 3.33. The first-order chi connectivity index (χ1) is 6.95. The van der Waals surface area contributed by atoms with E-state index in [9.17, 15) is 0 Å². The Morgan fingerprint density at radius 2 is 2.07 bits per heavy atom. The maximum absolute atomic E-state index is 5.63. The van der Waals surface area contributed by atoms with Gasteiger partial charge in [0, 0.05) is 5.56 Å². The van der Waals surface area contributed by atoms with Crippen LogP contribution in [0.5, 0.6) is 0 Å². The molecule has 14 heavy (non-hydrogen) atoms. The molecule has 1 aliphatic heterocycles. The highest BCUT2D eigenvalue weighted by molar-refractivity contribution is 5.31. The fourth-order valence-corrected chi connectivity index (χ4v) is 1.72. The summed E-state index contributed by atoms with van der Waals surface area (Å²) in [4.78, 5) is 0. The summed E-state index contributed by atoms with van der Waals surface area (Å²) in [5.74, 6) is 0. The highest BCUT2D eigenvalue weighted by Gasteiger charge is 2.28. The SMILES string of the molecule is c1ccc([C@@H]2OCc3conc32)cc1. The molecule has 3 rings (SSSR count). The average molecular weight is 187 g/mol. The topological polar surface area (TPSA) is 35.3 Å². The Morgan fingerprint density at radius 1 is 1.21 bits per heavy atom. The fraction of sp³-hybridized carbons (Fsp3) is 0.182. The van der Waals surface area contributed by atoms with Crippen molar-refractivity contribution in [2.45, 2.75) is 12.7 Å². The molecule has 0 saturated carbocycles. The molecule has 0 amide bonds. The molecule has 1 atom stereocenters. The van der Waals surface area contributed by atoms with Gasteiger partial charge >= 0.3 is 0 Å². The molecule has 0 saturated heterocycles. The molecule has 0 bridgehead atoms. The van der Waals surface area contributed by atoms with Crippen LogP contribution < -0.4 is 0 Å². The Morgan fingerprint density at radius 3 is 2.93 bits per heavy atom. The molecular weight excluding hydrogens is 178 g/mol. The minimum atomic E-state index is -0.0510. The van der Waals surface area contributed by atoms with E-state index in [0.717, 1.165) is 16.8 Å². The van der Waals surface area contributed by atoms with E-state index >= 15 is 0 Å². The minimum Gasteiger partial charge on any atom is -0.364 e. The number of fused-ring (bicyclic) bond motifs is 1. The number of hydrogen-bond acceptors (Lipinski definition) is 3. The van der Waals surface area contributed by atoms with E-state index in [1.165, 1.54) is 0 Å². The molecule has 0 unspecified atom stereocenters. The van der Waals surface area contributed by atoms with Crippen LogP contribution in [0.3, 0.4) is 0 Å². The number of aromatic nitrogens is 1. The van der Waals surface area contributed by atoms with Gasteiger partial charge in [-0.1, -0.05) is 35.5 Å². The van der Waals surface area contributed by atoms with Crippen LogP contribution in [0.25, 0.3) is 0 Å². The predicted octanol–water partition coefficient (Wildman–Crippen LogP) is 2.29. The van der Waals surface area contributed by atoms with E-state index < -0.39 is 0 Å². The normalized spacial score (nSPS) is 19.6. The molecule has 1 aromatic carbocycles. The molecule has 1 aromatic heterocycles. The monoisotopic (exact) mass is 187 g/mol. The Kier molecular flexibility index (Phi) is 1.64. The van der Waals surface area contributed by atoms with Gasteiger partial charge in [-0.3, -0.25) is 0 Å². The zero-order valence-corrected chi connectivity index (χ0v) is 7.51. The molecule has 0 radical (unpaired) electrons. The Bertz CT molecular complexity index is 436. The van der Waals surface area contributed by atoms with Crippen LogP contribution in [0, 0.1) is 0 Å². The molecule has 2 aromatic rings. The first kappa shape index (κ1) is 7.76. The van der Waals surface area contributed by atoms with Gasteiger partial charge in [-0.15, -0.1) is 0 Å². The zero-order valence-electron chi connectivity index (χ0n) is 7.51. The summed E-state index contributed by atoms with van der Waals surface area (Å²) in [7, 11) is 0. The maximum atomic E-state index is 5.63. The molecule has 0 spiro atoms. The highest BCUT2D eigenvalue weighted by atomic mass is 16.5. The molecule has 70 valence electrons. The van der Waals surface area contributed by atoms with Gasteiger partial charge in [0.15, 0.2) is 0 Å². The van der Waals surface area contributed by atoms with Crippen molar-refractivity contribution >= 4 is 0 Å². The third kappa shape index (κ3) is 1.06. The van der Waals surface area contributed by atoms with Gasteiger partial charge in [0.05, 0.1) is 6.61 Å². The van der Waals surface area contributed by atoms with Gasteiger partial charge in [-0.05, 0) is 5.56 Å². The number of hydrogen-bond donors (Lipinski definition) is 0. The van der Waals surface area contributed by atoms with Crippen molar-refractivity contribution in [3.63, 3.8) is 0 Å². The van der Waals surface area contributed by atoms with Gasteiger partial charge in [-0.25, -0.2) is 0 Å². The number of nitrogens with zero attached hydrogens (tertiary/aromatic N) is 1. The summed E-state index contributed by atoms with van der Waals surface area (Å²) in [6, 6.07) is 10.1. The van der Waals surface area contributed by atoms with Crippen molar-refractivity contribution < 1.29 is 9.26 Å². The maximum Gasteiger partial charge on any atom is 0.129 e.